The number of rotatable bonds is 3. The molecule has 2 heterocycles. The van der Waals surface area contributed by atoms with Crippen molar-refractivity contribution in [2.75, 3.05) is 23.4 Å². The number of amides is 2. The van der Waals surface area contributed by atoms with Gasteiger partial charge in [-0.2, -0.15) is 0 Å². The minimum Gasteiger partial charge on any atom is -0.368 e. The molecular weight excluding hydrogens is 304 g/mol. The van der Waals surface area contributed by atoms with E-state index in [2.05, 4.69) is 19.2 Å². The Bertz CT molecular complexity index is 641. The molecule has 0 bridgehead atoms. The second-order valence-corrected chi connectivity index (χ2v) is 7.07. The Morgan fingerprint density at radius 1 is 1.33 bits per heavy atom. The Hall–Kier alpha value is -1.88. The van der Waals surface area contributed by atoms with Crippen LogP contribution in [0.5, 0.6) is 0 Å². The number of anilines is 2. The van der Waals surface area contributed by atoms with Gasteiger partial charge in [-0.3, -0.25) is 9.59 Å². The normalized spacial score (nSPS) is 23.2. The summed E-state index contributed by atoms with van der Waals surface area (Å²) in [6.07, 6.45) is 2.37. The highest BCUT2D eigenvalue weighted by Gasteiger charge is 2.39. The molecule has 1 N–H and O–H groups in total. The van der Waals surface area contributed by atoms with E-state index >= 15 is 0 Å². The molecule has 0 saturated carbocycles. The summed E-state index contributed by atoms with van der Waals surface area (Å²) in [6, 6.07) is 5.76. The number of hydrogen-bond acceptors (Lipinski definition) is 3. The molecule has 3 rings (SSSR count). The average Bonchev–Trinajstić information content (AvgIpc) is 3.03. The molecule has 2 atom stereocenters. The van der Waals surface area contributed by atoms with Gasteiger partial charge in [-0.15, -0.1) is 0 Å². The summed E-state index contributed by atoms with van der Waals surface area (Å²) in [4.78, 5) is 26.4. The molecule has 0 unspecified atom stereocenters. The summed E-state index contributed by atoms with van der Waals surface area (Å²) >= 11 is 0. The zero-order valence-corrected chi connectivity index (χ0v) is 14.7. The average molecular weight is 330 g/mol. The molecule has 2 aliphatic rings. The topological polar surface area (TPSA) is 58.6 Å². The van der Waals surface area contributed by atoms with Gasteiger partial charge in [0.15, 0.2) is 0 Å². The Kier molecular flexibility index (Phi) is 4.90. The first kappa shape index (κ1) is 17.0. The summed E-state index contributed by atoms with van der Waals surface area (Å²) in [6.45, 7) is 7.17. The lowest BCUT2D eigenvalue weighted by Crippen LogP contribution is -2.45. The predicted octanol–water partition coefficient (Wildman–Crippen LogP) is 2.99. The maximum atomic E-state index is 13.1. The highest BCUT2D eigenvalue weighted by atomic mass is 16.5. The summed E-state index contributed by atoms with van der Waals surface area (Å²) in [5.41, 5.74) is 2.77. The highest BCUT2D eigenvalue weighted by molar-refractivity contribution is 6.00. The van der Waals surface area contributed by atoms with Gasteiger partial charge >= 0.3 is 0 Å². The van der Waals surface area contributed by atoms with Gasteiger partial charge in [0.1, 0.15) is 6.10 Å². The van der Waals surface area contributed by atoms with Crippen molar-refractivity contribution < 1.29 is 14.3 Å². The molecule has 0 aliphatic carbocycles. The van der Waals surface area contributed by atoms with E-state index in [4.69, 9.17) is 4.74 Å². The third-order valence-corrected chi connectivity index (χ3v) is 5.06. The largest absolute Gasteiger partial charge is 0.368 e. The second-order valence-electron chi connectivity index (χ2n) is 7.07. The van der Waals surface area contributed by atoms with Crippen LogP contribution < -0.4 is 10.2 Å². The van der Waals surface area contributed by atoms with E-state index in [-0.39, 0.29) is 23.8 Å². The molecule has 0 radical (unpaired) electrons. The van der Waals surface area contributed by atoms with Crippen molar-refractivity contribution in [1.82, 2.24) is 0 Å². The summed E-state index contributed by atoms with van der Waals surface area (Å²) < 4.78 is 5.79. The van der Waals surface area contributed by atoms with E-state index in [1.807, 2.05) is 23.1 Å². The van der Waals surface area contributed by atoms with Crippen LogP contribution in [0, 0.1) is 11.8 Å². The van der Waals surface area contributed by atoms with Gasteiger partial charge in [0, 0.05) is 31.5 Å². The quantitative estimate of drug-likeness (QED) is 0.927. The maximum Gasteiger partial charge on any atom is 0.256 e. The molecule has 130 valence electrons. The van der Waals surface area contributed by atoms with Crippen LogP contribution in [0.15, 0.2) is 18.2 Å². The van der Waals surface area contributed by atoms with Crippen molar-refractivity contribution in [2.24, 2.45) is 11.8 Å². The van der Waals surface area contributed by atoms with Crippen LogP contribution in [0.4, 0.5) is 11.4 Å². The minimum atomic E-state index is -0.347. The lowest BCUT2D eigenvalue weighted by molar-refractivity contribution is -0.129. The van der Waals surface area contributed by atoms with Crippen molar-refractivity contribution in [3.05, 3.63) is 23.8 Å². The van der Waals surface area contributed by atoms with Crippen LogP contribution in [0.2, 0.25) is 0 Å². The molecule has 5 heteroatoms. The molecule has 2 aliphatic heterocycles. The van der Waals surface area contributed by atoms with E-state index in [1.165, 1.54) is 6.92 Å². The van der Waals surface area contributed by atoms with Gasteiger partial charge in [-0.05, 0) is 48.8 Å². The Balaban J connectivity index is 1.89. The fourth-order valence-corrected chi connectivity index (χ4v) is 3.86. The summed E-state index contributed by atoms with van der Waals surface area (Å²) in [5, 5.41) is 2.88. The number of fused-ring (bicyclic) bond motifs is 1. The number of carbonyl (C=O) groups excluding carboxylic acids is 2. The standard InChI is InChI=1S/C19H26N2O3/c1-12(2)14-9-11-24-18(14)19(23)21-10-5-6-15-16(20-13(3)22)7-4-8-17(15)21/h4,7-8,12,14,18H,5-6,9-11H2,1-3H3,(H,20,22)/t14-,18-/m1/s1. The number of nitrogens with one attached hydrogen (secondary N) is 1. The molecule has 1 saturated heterocycles. The van der Waals surface area contributed by atoms with Crippen molar-refractivity contribution in [1.29, 1.82) is 0 Å². The molecule has 0 aromatic heterocycles. The van der Waals surface area contributed by atoms with Crippen molar-refractivity contribution in [2.45, 2.75) is 46.1 Å². The van der Waals surface area contributed by atoms with E-state index in [0.717, 1.165) is 36.2 Å². The predicted molar refractivity (Wildman–Crippen MR) is 94.1 cm³/mol. The van der Waals surface area contributed by atoms with E-state index in [0.29, 0.717) is 19.1 Å². The molecular formula is C19H26N2O3. The number of nitrogens with zero attached hydrogens (tertiary/aromatic N) is 1. The van der Waals surface area contributed by atoms with Gasteiger partial charge < -0.3 is 15.0 Å². The van der Waals surface area contributed by atoms with Crippen molar-refractivity contribution in [3.63, 3.8) is 0 Å². The van der Waals surface area contributed by atoms with E-state index in [1.54, 1.807) is 0 Å². The fourth-order valence-electron chi connectivity index (χ4n) is 3.86. The van der Waals surface area contributed by atoms with Crippen LogP contribution in [0.1, 0.15) is 39.2 Å². The number of carbonyl (C=O) groups is 2. The Morgan fingerprint density at radius 3 is 2.83 bits per heavy atom. The van der Waals surface area contributed by atoms with Crippen LogP contribution in [0.3, 0.4) is 0 Å². The molecule has 2 amide bonds. The molecule has 1 aromatic carbocycles. The zero-order chi connectivity index (χ0) is 17.3. The van der Waals surface area contributed by atoms with Gasteiger partial charge in [0.05, 0.1) is 0 Å². The monoisotopic (exact) mass is 330 g/mol. The molecule has 1 fully saturated rings. The third-order valence-electron chi connectivity index (χ3n) is 5.06. The highest BCUT2D eigenvalue weighted by Crippen LogP contribution is 2.36. The van der Waals surface area contributed by atoms with Crippen LogP contribution in [-0.2, 0) is 20.7 Å². The van der Waals surface area contributed by atoms with E-state index < -0.39 is 0 Å². The lowest BCUT2D eigenvalue weighted by Gasteiger charge is -2.34. The first-order chi connectivity index (χ1) is 11.5. The maximum absolute atomic E-state index is 13.1. The number of ether oxygens (including phenoxy) is 1. The SMILES string of the molecule is CC(=O)Nc1cccc2c1CCCN2C(=O)[C@@H]1OCC[C@@H]1C(C)C. The first-order valence-electron chi connectivity index (χ1n) is 8.81. The summed E-state index contributed by atoms with van der Waals surface area (Å²) in [7, 11) is 0. The van der Waals surface area contributed by atoms with Gasteiger partial charge in [0.2, 0.25) is 5.91 Å². The fraction of sp³-hybridized carbons (Fsp3) is 0.579. The third kappa shape index (κ3) is 3.18. The van der Waals surface area contributed by atoms with Gasteiger partial charge in [0.25, 0.3) is 5.91 Å². The smallest absolute Gasteiger partial charge is 0.256 e. The second kappa shape index (κ2) is 6.93. The summed E-state index contributed by atoms with van der Waals surface area (Å²) in [5.74, 6) is 0.677. The number of benzene rings is 1. The molecule has 1 aromatic rings. The van der Waals surface area contributed by atoms with Crippen molar-refractivity contribution in [3.8, 4) is 0 Å². The van der Waals surface area contributed by atoms with Crippen LogP contribution in [0.25, 0.3) is 0 Å². The van der Waals surface area contributed by atoms with Crippen LogP contribution >= 0.6 is 0 Å². The Labute approximate surface area is 143 Å². The first-order valence-corrected chi connectivity index (χ1v) is 8.81. The van der Waals surface area contributed by atoms with Crippen molar-refractivity contribution >= 4 is 23.2 Å². The number of hydrogen-bond donors (Lipinski definition) is 1. The lowest BCUT2D eigenvalue weighted by atomic mass is 9.88. The molecule has 5 nitrogen and oxygen atoms in total. The molecule has 24 heavy (non-hydrogen) atoms. The van der Waals surface area contributed by atoms with Gasteiger partial charge in [-0.1, -0.05) is 19.9 Å². The van der Waals surface area contributed by atoms with E-state index in [9.17, 15) is 9.59 Å². The zero-order valence-electron chi connectivity index (χ0n) is 14.7. The Morgan fingerprint density at radius 2 is 2.12 bits per heavy atom. The minimum absolute atomic E-state index is 0.0622. The van der Waals surface area contributed by atoms with Crippen LogP contribution in [-0.4, -0.2) is 31.1 Å². The molecule has 0 spiro atoms. The van der Waals surface area contributed by atoms with Gasteiger partial charge in [-0.25, -0.2) is 0 Å².